The highest BCUT2D eigenvalue weighted by molar-refractivity contribution is 7.90. The van der Waals surface area contributed by atoms with Crippen molar-refractivity contribution < 1.29 is 26.7 Å². The molecule has 0 radical (unpaired) electrons. The van der Waals surface area contributed by atoms with Gasteiger partial charge in [-0.1, -0.05) is 16.0 Å². The van der Waals surface area contributed by atoms with Gasteiger partial charge in [-0.25, -0.2) is 4.79 Å². The second-order valence-electron chi connectivity index (χ2n) is 2.63. The molecule has 0 spiro atoms. The van der Waals surface area contributed by atoms with E-state index in [-0.39, 0.29) is 10.8 Å². The van der Waals surface area contributed by atoms with Crippen LogP contribution in [0.2, 0.25) is 5.02 Å². The monoisotopic (exact) mass is 283 g/mol. The molecule has 0 saturated carbocycles. The minimum Gasteiger partial charge on any atom is -0.433 e. The molecule has 9 heteroatoms. The molecule has 0 atom stereocenters. The highest BCUT2D eigenvalue weighted by Crippen LogP contribution is 2.29. The summed E-state index contributed by atoms with van der Waals surface area (Å²) in [6, 6.07) is 2.71. The fraction of sp³-hybridized carbons (Fsp3) is 0.125. The van der Waals surface area contributed by atoms with Crippen LogP contribution in [0.4, 0.5) is 8.78 Å². The van der Waals surface area contributed by atoms with Crippen molar-refractivity contribution in [1.82, 2.24) is 0 Å². The van der Waals surface area contributed by atoms with Crippen LogP contribution in [-0.4, -0.2) is 21.1 Å². The van der Waals surface area contributed by atoms with Gasteiger partial charge in [0.05, 0.1) is 9.92 Å². The SMILES string of the molecule is O=C=NS(=O)(=O)c1ccc(OC(F)F)c(Cl)c1. The maximum Gasteiger partial charge on any atom is 0.387 e. The lowest BCUT2D eigenvalue weighted by Crippen LogP contribution is -2.03. The van der Waals surface area contributed by atoms with Crippen LogP contribution >= 0.6 is 11.6 Å². The summed E-state index contributed by atoms with van der Waals surface area (Å²) in [6.07, 6.45) is 0.865. The van der Waals surface area contributed by atoms with E-state index < -0.39 is 21.5 Å². The first kappa shape index (κ1) is 13.6. The molecule has 0 saturated heterocycles. The smallest absolute Gasteiger partial charge is 0.387 e. The summed E-state index contributed by atoms with van der Waals surface area (Å²) < 4.78 is 52.8. The molecule has 1 rings (SSSR count). The van der Waals surface area contributed by atoms with Gasteiger partial charge in [0.2, 0.25) is 0 Å². The van der Waals surface area contributed by atoms with E-state index in [0.29, 0.717) is 0 Å². The highest BCUT2D eigenvalue weighted by atomic mass is 35.5. The van der Waals surface area contributed by atoms with Gasteiger partial charge in [0, 0.05) is 0 Å². The van der Waals surface area contributed by atoms with Crippen LogP contribution in [0.15, 0.2) is 27.5 Å². The van der Waals surface area contributed by atoms with Crippen LogP contribution in [0.25, 0.3) is 0 Å². The summed E-state index contributed by atoms with van der Waals surface area (Å²) in [5.41, 5.74) is 0. The molecule has 0 aliphatic heterocycles. The summed E-state index contributed by atoms with van der Waals surface area (Å²) in [5, 5.41) is -0.340. The summed E-state index contributed by atoms with van der Waals surface area (Å²) >= 11 is 5.52. The zero-order valence-electron chi connectivity index (χ0n) is 7.93. The van der Waals surface area contributed by atoms with Gasteiger partial charge < -0.3 is 4.74 Å². The van der Waals surface area contributed by atoms with Crippen molar-refractivity contribution in [3.05, 3.63) is 23.2 Å². The van der Waals surface area contributed by atoms with E-state index in [1.165, 1.54) is 0 Å². The number of hydrogen-bond acceptors (Lipinski definition) is 4. The number of carbonyl (C=O) groups excluding carboxylic acids is 1. The van der Waals surface area contributed by atoms with E-state index in [1.807, 2.05) is 0 Å². The molecule has 0 amide bonds. The molecule has 0 aliphatic rings. The Labute approximate surface area is 99.7 Å². The Morgan fingerprint density at radius 1 is 1.41 bits per heavy atom. The molecule has 17 heavy (non-hydrogen) atoms. The third-order valence-corrected chi connectivity index (χ3v) is 3.03. The second kappa shape index (κ2) is 5.22. The molecule has 1 aromatic rings. The third kappa shape index (κ3) is 3.48. The van der Waals surface area contributed by atoms with Crippen molar-refractivity contribution >= 4 is 27.7 Å². The predicted molar refractivity (Wildman–Crippen MR) is 53.4 cm³/mol. The Morgan fingerprint density at radius 2 is 2.06 bits per heavy atom. The van der Waals surface area contributed by atoms with Crippen molar-refractivity contribution in [2.75, 3.05) is 0 Å². The van der Waals surface area contributed by atoms with Gasteiger partial charge >= 0.3 is 6.61 Å². The van der Waals surface area contributed by atoms with Crippen LogP contribution in [-0.2, 0) is 14.8 Å². The first-order chi connectivity index (χ1) is 7.86. The van der Waals surface area contributed by atoms with Crippen molar-refractivity contribution in [3.63, 3.8) is 0 Å². The molecule has 5 nitrogen and oxygen atoms in total. The van der Waals surface area contributed by atoms with E-state index in [9.17, 15) is 22.0 Å². The van der Waals surface area contributed by atoms with Crippen LogP contribution in [0.5, 0.6) is 5.75 Å². The Morgan fingerprint density at radius 3 is 2.53 bits per heavy atom. The van der Waals surface area contributed by atoms with Crippen LogP contribution in [0, 0.1) is 0 Å². The molecule has 92 valence electrons. The van der Waals surface area contributed by atoms with Gasteiger partial charge in [-0.3, -0.25) is 0 Å². The molecular weight excluding hydrogens is 280 g/mol. The molecular formula is C8H4ClF2NO4S. The molecule has 0 N–H and O–H groups in total. The van der Waals surface area contributed by atoms with Crippen molar-refractivity contribution in [2.45, 2.75) is 11.5 Å². The Kier molecular flexibility index (Phi) is 4.17. The standard InChI is InChI=1S/C8H4ClF2NO4S/c9-6-3-5(17(14,15)12-4-13)1-2-7(6)16-8(10)11/h1-3,8H. The fourth-order valence-corrected chi connectivity index (χ4v) is 1.94. The highest BCUT2D eigenvalue weighted by Gasteiger charge is 2.16. The Balaban J connectivity index is 3.17. The van der Waals surface area contributed by atoms with Crippen molar-refractivity contribution in [2.24, 2.45) is 4.40 Å². The number of hydrogen-bond donors (Lipinski definition) is 0. The van der Waals surface area contributed by atoms with Crippen LogP contribution < -0.4 is 4.74 Å². The zero-order chi connectivity index (χ0) is 13.1. The van der Waals surface area contributed by atoms with Crippen LogP contribution in [0.3, 0.4) is 0 Å². The number of rotatable bonds is 4. The number of sulfonamides is 1. The number of isocyanates is 1. The first-order valence-electron chi connectivity index (χ1n) is 3.95. The third-order valence-electron chi connectivity index (χ3n) is 1.57. The van der Waals surface area contributed by atoms with Crippen molar-refractivity contribution in [1.29, 1.82) is 0 Å². The quantitative estimate of drug-likeness (QED) is 0.625. The fourth-order valence-electron chi connectivity index (χ4n) is 0.935. The minimum absolute atomic E-state index is 0.340. The zero-order valence-corrected chi connectivity index (χ0v) is 9.50. The predicted octanol–water partition coefficient (Wildman–Crippen LogP) is 1.97. The van der Waals surface area contributed by atoms with Gasteiger partial charge in [0.1, 0.15) is 5.75 Å². The van der Waals surface area contributed by atoms with Gasteiger partial charge in [-0.15, -0.1) is 0 Å². The van der Waals surface area contributed by atoms with Crippen molar-refractivity contribution in [3.8, 4) is 5.75 Å². The number of halogens is 3. The van der Waals surface area contributed by atoms with Gasteiger partial charge in [0.15, 0.2) is 0 Å². The summed E-state index contributed by atoms with van der Waals surface area (Å²) in [7, 11) is -4.20. The first-order valence-corrected chi connectivity index (χ1v) is 5.77. The van der Waals surface area contributed by atoms with E-state index in [0.717, 1.165) is 24.3 Å². The molecule has 0 fully saturated rings. The molecule has 0 unspecified atom stereocenters. The summed E-state index contributed by atoms with van der Waals surface area (Å²) in [5.74, 6) is -0.379. The van der Waals surface area contributed by atoms with Crippen LogP contribution in [0.1, 0.15) is 0 Å². The molecule has 0 aliphatic carbocycles. The maximum atomic E-state index is 11.9. The number of nitrogens with zero attached hydrogens (tertiary/aromatic N) is 1. The average molecular weight is 284 g/mol. The lowest BCUT2D eigenvalue weighted by molar-refractivity contribution is -0.0498. The number of benzene rings is 1. The van der Waals surface area contributed by atoms with Gasteiger partial charge in [-0.2, -0.15) is 17.2 Å². The maximum absolute atomic E-state index is 11.9. The van der Waals surface area contributed by atoms with E-state index in [4.69, 9.17) is 11.6 Å². The molecule has 1 aromatic carbocycles. The van der Waals surface area contributed by atoms with Gasteiger partial charge in [-0.05, 0) is 18.2 Å². The van der Waals surface area contributed by atoms with E-state index in [2.05, 4.69) is 9.13 Å². The average Bonchev–Trinajstić information content (AvgIpc) is 2.20. The lowest BCUT2D eigenvalue weighted by Gasteiger charge is -2.06. The Bertz CT molecular complexity index is 569. The molecule has 0 bridgehead atoms. The molecule has 0 heterocycles. The van der Waals surface area contributed by atoms with Gasteiger partial charge in [0.25, 0.3) is 16.1 Å². The number of alkyl halides is 2. The topological polar surface area (TPSA) is 72.8 Å². The molecule has 0 aromatic heterocycles. The summed E-state index contributed by atoms with van der Waals surface area (Å²) in [6.45, 7) is -3.08. The minimum atomic E-state index is -4.20. The Hall–Kier alpha value is -1.50. The lowest BCUT2D eigenvalue weighted by atomic mass is 10.3. The van der Waals surface area contributed by atoms with E-state index >= 15 is 0 Å². The summed E-state index contributed by atoms with van der Waals surface area (Å²) in [4.78, 5) is 9.44. The largest absolute Gasteiger partial charge is 0.433 e. The number of ether oxygens (including phenoxy) is 1. The normalized spacial score (nSPS) is 11.1. The second-order valence-corrected chi connectivity index (χ2v) is 4.64. The van der Waals surface area contributed by atoms with E-state index in [1.54, 1.807) is 0 Å².